The van der Waals surface area contributed by atoms with Crippen molar-refractivity contribution in [3.05, 3.63) is 59.2 Å². The number of amides is 2. The van der Waals surface area contributed by atoms with Crippen LogP contribution in [0.4, 0.5) is 4.79 Å². The van der Waals surface area contributed by atoms with Crippen LogP contribution in [0.5, 0.6) is 0 Å². The molecule has 1 saturated heterocycles. The Balaban J connectivity index is 1.38. The predicted octanol–water partition coefficient (Wildman–Crippen LogP) is 4.45. The van der Waals surface area contributed by atoms with Gasteiger partial charge < -0.3 is 10.2 Å². The van der Waals surface area contributed by atoms with Crippen LogP contribution < -0.4 is 5.32 Å². The zero-order valence-electron chi connectivity index (χ0n) is 14.0. The van der Waals surface area contributed by atoms with Crippen molar-refractivity contribution in [2.45, 2.75) is 24.4 Å². The highest BCUT2D eigenvalue weighted by atomic mass is 35.5. The van der Waals surface area contributed by atoms with E-state index in [0.717, 1.165) is 42.3 Å². The zero-order chi connectivity index (χ0) is 17.5. The second kappa shape index (κ2) is 9.11. The molecule has 0 bridgehead atoms. The molecule has 2 amide bonds. The van der Waals surface area contributed by atoms with Gasteiger partial charge in [0.1, 0.15) is 0 Å². The second-order valence-electron chi connectivity index (χ2n) is 6.19. The molecule has 0 saturated carbocycles. The van der Waals surface area contributed by atoms with Gasteiger partial charge in [0.15, 0.2) is 0 Å². The molecule has 1 aliphatic rings. The molecule has 0 radical (unpaired) electrons. The van der Waals surface area contributed by atoms with Gasteiger partial charge >= 0.3 is 6.03 Å². The lowest BCUT2D eigenvalue weighted by Gasteiger charge is -2.31. The Morgan fingerprint density at radius 2 is 1.96 bits per heavy atom. The number of aromatic nitrogens is 1. The highest BCUT2D eigenvalue weighted by molar-refractivity contribution is 7.99. The van der Waals surface area contributed by atoms with Crippen molar-refractivity contribution < 1.29 is 4.79 Å². The maximum atomic E-state index is 12.3. The molecule has 1 aromatic carbocycles. The van der Waals surface area contributed by atoms with E-state index in [2.05, 4.69) is 10.3 Å². The molecule has 132 valence electrons. The Morgan fingerprint density at radius 3 is 2.64 bits per heavy atom. The topological polar surface area (TPSA) is 45.2 Å². The largest absolute Gasteiger partial charge is 0.334 e. The Morgan fingerprint density at radius 1 is 1.20 bits per heavy atom. The SMILES string of the molecule is O=C(NCc1ccc(Cl)cc1)N1CCC(CSc2ccccn2)CC1. The van der Waals surface area contributed by atoms with Crippen LogP contribution >= 0.6 is 23.4 Å². The molecule has 0 aliphatic carbocycles. The number of urea groups is 1. The van der Waals surface area contributed by atoms with Crippen LogP contribution in [0.1, 0.15) is 18.4 Å². The van der Waals surface area contributed by atoms with E-state index in [0.29, 0.717) is 17.5 Å². The molecular formula is C19H22ClN3OS. The molecule has 2 aromatic rings. The average molecular weight is 376 g/mol. The van der Waals surface area contributed by atoms with Gasteiger partial charge in [0.2, 0.25) is 0 Å². The summed E-state index contributed by atoms with van der Waals surface area (Å²) in [5.74, 6) is 1.71. The number of nitrogens with zero attached hydrogens (tertiary/aromatic N) is 2. The first-order valence-electron chi connectivity index (χ1n) is 8.52. The van der Waals surface area contributed by atoms with Gasteiger partial charge in [0.25, 0.3) is 0 Å². The van der Waals surface area contributed by atoms with Gasteiger partial charge in [0.05, 0.1) is 5.03 Å². The molecule has 1 aliphatic heterocycles. The number of hydrogen-bond acceptors (Lipinski definition) is 3. The lowest BCUT2D eigenvalue weighted by atomic mass is 9.99. The van der Waals surface area contributed by atoms with Crippen LogP contribution in [0.3, 0.4) is 0 Å². The smallest absolute Gasteiger partial charge is 0.317 e. The number of piperidine rings is 1. The minimum atomic E-state index is 0.0192. The van der Waals surface area contributed by atoms with E-state index in [1.807, 2.05) is 53.6 Å². The van der Waals surface area contributed by atoms with Crippen LogP contribution in [0, 0.1) is 5.92 Å². The summed E-state index contributed by atoms with van der Waals surface area (Å²) in [7, 11) is 0. The molecule has 0 spiro atoms. The van der Waals surface area contributed by atoms with Crippen LogP contribution in [0.15, 0.2) is 53.7 Å². The molecule has 1 fully saturated rings. The fraction of sp³-hybridized carbons (Fsp3) is 0.368. The first kappa shape index (κ1) is 18.1. The Kier molecular flexibility index (Phi) is 6.59. The summed E-state index contributed by atoms with van der Waals surface area (Å²) in [5, 5.41) is 4.77. The number of carbonyl (C=O) groups is 1. The second-order valence-corrected chi connectivity index (χ2v) is 7.67. The molecule has 25 heavy (non-hydrogen) atoms. The number of likely N-dealkylation sites (tertiary alicyclic amines) is 1. The third kappa shape index (κ3) is 5.65. The van der Waals surface area contributed by atoms with Crippen molar-refractivity contribution in [1.82, 2.24) is 15.2 Å². The number of hydrogen-bond donors (Lipinski definition) is 1. The molecule has 1 N–H and O–H groups in total. The number of carbonyl (C=O) groups excluding carboxylic acids is 1. The molecule has 1 aromatic heterocycles. The zero-order valence-corrected chi connectivity index (χ0v) is 15.6. The molecule has 2 heterocycles. The highest BCUT2D eigenvalue weighted by Crippen LogP contribution is 2.25. The fourth-order valence-electron chi connectivity index (χ4n) is 2.83. The summed E-state index contributed by atoms with van der Waals surface area (Å²) in [4.78, 5) is 18.6. The highest BCUT2D eigenvalue weighted by Gasteiger charge is 2.22. The van der Waals surface area contributed by atoms with Crippen molar-refractivity contribution in [3.63, 3.8) is 0 Å². The average Bonchev–Trinajstić information content (AvgIpc) is 2.67. The summed E-state index contributed by atoms with van der Waals surface area (Å²) in [6, 6.07) is 13.6. The fourth-order valence-corrected chi connectivity index (χ4v) is 4.01. The third-order valence-electron chi connectivity index (χ3n) is 4.36. The van der Waals surface area contributed by atoms with Gasteiger partial charge in [-0.05, 0) is 48.6 Å². The van der Waals surface area contributed by atoms with E-state index >= 15 is 0 Å². The molecule has 0 atom stereocenters. The number of pyridine rings is 1. The lowest BCUT2D eigenvalue weighted by Crippen LogP contribution is -2.44. The van der Waals surface area contributed by atoms with Crippen LogP contribution in [0.25, 0.3) is 0 Å². The minimum absolute atomic E-state index is 0.0192. The van der Waals surface area contributed by atoms with Crippen LogP contribution in [-0.4, -0.2) is 34.8 Å². The molecule has 3 rings (SSSR count). The van der Waals surface area contributed by atoms with Crippen molar-refractivity contribution in [3.8, 4) is 0 Å². The molecular weight excluding hydrogens is 354 g/mol. The van der Waals surface area contributed by atoms with E-state index in [1.165, 1.54) is 0 Å². The van der Waals surface area contributed by atoms with Crippen LogP contribution in [-0.2, 0) is 6.54 Å². The van der Waals surface area contributed by atoms with Crippen LogP contribution in [0.2, 0.25) is 5.02 Å². The Hall–Kier alpha value is -1.72. The minimum Gasteiger partial charge on any atom is -0.334 e. The number of rotatable bonds is 5. The lowest BCUT2D eigenvalue weighted by molar-refractivity contribution is 0.174. The third-order valence-corrected chi connectivity index (χ3v) is 5.79. The van der Waals surface area contributed by atoms with E-state index in [1.54, 1.807) is 11.8 Å². The molecule has 0 unspecified atom stereocenters. The maximum Gasteiger partial charge on any atom is 0.317 e. The van der Waals surface area contributed by atoms with Gasteiger partial charge in [-0.15, -0.1) is 11.8 Å². The van der Waals surface area contributed by atoms with Gasteiger partial charge in [0, 0.05) is 36.6 Å². The van der Waals surface area contributed by atoms with Gasteiger partial charge in [-0.25, -0.2) is 9.78 Å². The van der Waals surface area contributed by atoms with Crippen molar-refractivity contribution >= 4 is 29.4 Å². The van der Waals surface area contributed by atoms with Crippen molar-refractivity contribution in [1.29, 1.82) is 0 Å². The number of nitrogens with one attached hydrogen (secondary N) is 1. The van der Waals surface area contributed by atoms with E-state index in [9.17, 15) is 4.79 Å². The maximum absolute atomic E-state index is 12.3. The molecule has 6 heteroatoms. The first-order chi connectivity index (χ1) is 12.2. The molecule has 4 nitrogen and oxygen atoms in total. The van der Waals surface area contributed by atoms with E-state index in [-0.39, 0.29) is 6.03 Å². The van der Waals surface area contributed by atoms with Crippen molar-refractivity contribution in [2.24, 2.45) is 5.92 Å². The summed E-state index contributed by atoms with van der Waals surface area (Å²) >= 11 is 7.68. The summed E-state index contributed by atoms with van der Waals surface area (Å²) in [5.41, 5.74) is 1.05. The monoisotopic (exact) mass is 375 g/mol. The quantitative estimate of drug-likeness (QED) is 0.785. The Labute approximate surface area is 158 Å². The standard InChI is InChI=1S/C19H22ClN3OS/c20-17-6-4-15(5-7-17)13-22-19(24)23-11-8-16(9-12-23)14-25-18-3-1-2-10-21-18/h1-7,10,16H,8-9,11-14H2,(H,22,24). The van der Waals surface area contributed by atoms with E-state index < -0.39 is 0 Å². The Bertz CT molecular complexity index is 673. The summed E-state index contributed by atoms with van der Waals surface area (Å²) < 4.78 is 0. The van der Waals surface area contributed by atoms with Gasteiger partial charge in [-0.1, -0.05) is 29.8 Å². The summed E-state index contributed by atoms with van der Waals surface area (Å²) in [6.07, 6.45) is 3.93. The first-order valence-corrected chi connectivity index (χ1v) is 9.88. The predicted molar refractivity (Wildman–Crippen MR) is 103 cm³/mol. The normalized spacial score (nSPS) is 15.2. The van der Waals surface area contributed by atoms with Gasteiger partial charge in [-0.2, -0.15) is 0 Å². The van der Waals surface area contributed by atoms with E-state index in [4.69, 9.17) is 11.6 Å². The van der Waals surface area contributed by atoms with Gasteiger partial charge in [-0.3, -0.25) is 0 Å². The number of thioether (sulfide) groups is 1. The number of benzene rings is 1. The summed E-state index contributed by atoms with van der Waals surface area (Å²) in [6.45, 7) is 2.17. The van der Waals surface area contributed by atoms with Crippen molar-refractivity contribution in [2.75, 3.05) is 18.8 Å². The number of halogens is 1.